The van der Waals surface area contributed by atoms with Crippen molar-refractivity contribution in [2.75, 3.05) is 0 Å². The molecular weight excluding hydrogens is 322 g/mol. The number of nitrogens with one attached hydrogen (secondary N) is 1. The first-order valence-electron chi connectivity index (χ1n) is 7.74. The highest BCUT2D eigenvalue weighted by molar-refractivity contribution is 7.89. The number of sulfonamides is 1. The first-order valence-corrected chi connectivity index (χ1v) is 9.22. The zero-order valence-electron chi connectivity index (χ0n) is 13.2. The monoisotopic (exact) mass is 341 g/mol. The van der Waals surface area contributed by atoms with Gasteiger partial charge in [-0.25, -0.2) is 18.1 Å². The fourth-order valence-electron chi connectivity index (χ4n) is 2.45. The van der Waals surface area contributed by atoms with Crippen molar-refractivity contribution in [3.8, 4) is 0 Å². The Balaban J connectivity index is 1.64. The molecule has 0 amide bonds. The van der Waals surface area contributed by atoms with Gasteiger partial charge in [0.1, 0.15) is 5.82 Å². The maximum absolute atomic E-state index is 12.3. The Kier molecular flexibility index (Phi) is 5.08. The summed E-state index contributed by atoms with van der Waals surface area (Å²) in [4.78, 5) is 4.52. The number of hydrogen-bond donors (Lipinski definition) is 1. The number of imidazole rings is 1. The maximum Gasteiger partial charge on any atom is 0.240 e. The zero-order chi connectivity index (χ0) is 16.8. The number of hydrogen-bond acceptors (Lipinski definition) is 3. The molecule has 0 fully saturated rings. The molecule has 5 nitrogen and oxygen atoms in total. The Labute approximate surface area is 142 Å². The lowest BCUT2D eigenvalue weighted by Gasteiger charge is -2.10. The van der Waals surface area contributed by atoms with E-state index in [4.69, 9.17) is 0 Å². The van der Waals surface area contributed by atoms with Crippen molar-refractivity contribution < 1.29 is 8.42 Å². The van der Waals surface area contributed by atoms with E-state index >= 15 is 0 Å². The molecule has 24 heavy (non-hydrogen) atoms. The highest BCUT2D eigenvalue weighted by Gasteiger charge is 2.14. The SMILES string of the molecule is O=S(=O)(NCc1nccn1CCc1ccccc1)c1ccccc1. The second kappa shape index (κ2) is 7.42. The third kappa shape index (κ3) is 4.10. The summed E-state index contributed by atoms with van der Waals surface area (Å²) in [5.41, 5.74) is 1.24. The minimum Gasteiger partial charge on any atom is -0.334 e. The first-order chi connectivity index (χ1) is 11.6. The summed E-state index contributed by atoms with van der Waals surface area (Å²) < 4.78 is 29.1. The molecule has 0 aliphatic heterocycles. The smallest absolute Gasteiger partial charge is 0.240 e. The van der Waals surface area contributed by atoms with Crippen LogP contribution < -0.4 is 4.72 Å². The van der Waals surface area contributed by atoms with Crippen LogP contribution in [0.1, 0.15) is 11.4 Å². The van der Waals surface area contributed by atoms with Gasteiger partial charge in [0.2, 0.25) is 10.0 Å². The molecule has 1 aromatic heterocycles. The maximum atomic E-state index is 12.3. The van der Waals surface area contributed by atoms with Crippen LogP contribution in [0.15, 0.2) is 78.0 Å². The molecule has 0 unspecified atom stereocenters. The van der Waals surface area contributed by atoms with Crippen molar-refractivity contribution in [2.45, 2.75) is 24.4 Å². The van der Waals surface area contributed by atoms with E-state index in [1.807, 2.05) is 29.0 Å². The van der Waals surface area contributed by atoms with Gasteiger partial charge in [-0.15, -0.1) is 0 Å². The van der Waals surface area contributed by atoms with Crippen LogP contribution in [0, 0.1) is 0 Å². The van der Waals surface area contributed by atoms with Gasteiger partial charge in [0.15, 0.2) is 0 Å². The van der Waals surface area contributed by atoms with Crippen LogP contribution in [0.2, 0.25) is 0 Å². The van der Waals surface area contributed by atoms with E-state index in [0.29, 0.717) is 5.82 Å². The molecule has 1 heterocycles. The predicted molar refractivity (Wildman–Crippen MR) is 92.8 cm³/mol. The van der Waals surface area contributed by atoms with Gasteiger partial charge in [-0.2, -0.15) is 0 Å². The highest BCUT2D eigenvalue weighted by atomic mass is 32.2. The Morgan fingerprint density at radius 3 is 2.33 bits per heavy atom. The standard InChI is InChI=1S/C18H19N3O2S/c22-24(23,17-9-5-2-6-10-17)20-15-18-19-12-14-21(18)13-11-16-7-3-1-4-8-16/h1-10,12,14,20H,11,13,15H2. The molecule has 0 spiro atoms. The molecule has 0 atom stereocenters. The molecule has 6 heteroatoms. The molecule has 0 bridgehead atoms. The second-order valence-corrected chi connectivity index (χ2v) is 7.18. The molecule has 0 saturated carbocycles. The normalized spacial score (nSPS) is 11.5. The lowest BCUT2D eigenvalue weighted by Crippen LogP contribution is -2.25. The summed E-state index contributed by atoms with van der Waals surface area (Å²) in [5, 5.41) is 0. The lowest BCUT2D eigenvalue weighted by atomic mass is 10.1. The van der Waals surface area contributed by atoms with Crippen molar-refractivity contribution in [2.24, 2.45) is 0 Å². The van der Waals surface area contributed by atoms with Crippen LogP contribution in [-0.4, -0.2) is 18.0 Å². The molecule has 0 aliphatic rings. The van der Waals surface area contributed by atoms with Crippen LogP contribution in [-0.2, 0) is 29.5 Å². The molecule has 0 aliphatic carbocycles. The molecule has 3 rings (SSSR count). The van der Waals surface area contributed by atoms with Crippen LogP contribution in [0.4, 0.5) is 0 Å². The number of rotatable bonds is 7. The van der Waals surface area contributed by atoms with E-state index in [0.717, 1.165) is 13.0 Å². The number of aryl methyl sites for hydroxylation is 2. The summed E-state index contributed by atoms with van der Waals surface area (Å²) in [5.74, 6) is 0.699. The van der Waals surface area contributed by atoms with Gasteiger partial charge in [-0.05, 0) is 24.1 Å². The molecule has 0 saturated heterocycles. The number of aromatic nitrogens is 2. The molecular formula is C18H19N3O2S. The Hall–Kier alpha value is -2.44. The van der Waals surface area contributed by atoms with E-state index in [1.165, 1.54) is 5.56 Å². The van der Waals surface area contributed by atoms with Gasteiger partial charge in [0, 0.05) is 18.9 Å². The molecule has 1 N–H and O–H groups in total. The number of benzene rings is 2. The molecule has 124 valence electrons. The number of nitrogens with zero attached hydrogens (tertiary/aromatic N) is 2. The highest BCUT2D eigenvalue weighted by Crippen LogP contribution is 2.09. The van der Waals surface area contributed by atoms with Gasteiger partial charge in [-0.1, -0.05) is 48.5 Å². The van der Waals surface area contributed by atoms with E-state index in [-0.39, 0.29) is 11.4 Å². The summed E-state index contributed by atoms with van der Waals surface area (Å²) in [6, 6.07) is 18.5. The summed E-state index contributed by atoms with van der Waals surface area (Å²) in [7, 11) is -3.52. The van der Waals surface area contributed by atoms with Crippen LogP contribution in [0.25, 0.3) is 0 Å². The third-order valence-electron chi connectivity index (χ3n) is 3.76. The van der Waals surface area contributed by atoms with Crippen molar-refractivity contribution in [3.05, 3.63) is 84.4 Å². The summed E-state index contributed by atoms with van der Waals surface area (Å²) in [6.45, 7) is 0.922. The van der Waals surface area contributed by atoms with E-state index in [1.54, 1.807) is 36.5 Å². The minimum absolute atomic E-state index is 0.166. The first kappa shape index (κ1) is 16.4. The molecule has 0 radical (unpaired) electrons. The van der Waals surface area contributed by atoms with E-state index in [2.05, 4.69) is 21.8 Å². The molecule has 3 aromatic rings. The van der Waals surface area contributed by atoms with Crippen molar-refractivity contribution in [3.63, 3.8) is 0 Å². The van der Waals surface area contributed by atoms with Gasteiger partial charge < -0.3 is 4.57 Å². The quantitative estimate of drug-likeness (QED) is 0.718. The van der Waals surface area contributed by atoms with Crippen molar-refractivity contribution in [1.29, 1.82) is 0 Å². The van der Waals surface area contributed by atoms with E-state index in [9.17, 15) is 8.42 Å². The topological polar surface area (TPSA) is 64.0 Å². The Morgan fingerprint density at radius 1 is 0.958 bits per heavy atom. The fourth-order valence-corrected chi connectivity index (χ4v) is 3.45. The largest absolute Gasteiger partial charge is 0.334 e. The van der Waals surface area contributed by atoms with Gasteiger partial charge >= 0.3 is 0 Å². The van der Waals surface area contributed by atoms with Gasteiger partial charge in [0.25, 0.3) is 0 Å². The Morgan fingerprint density at radius 2 is 1.62 bits per heavy atom. The Bertz CT molecular complexity index is 875. The predicted octanol–water partition coefficient (Wildman–Crippen LogP) is 2.60. The average Bonchev–Trinajstić information content (AvgIpc) is 3.07. The van der Waals surface area contributed by atoms with Gasteiger partial charge in [0.05, 0.1) is 11.4 Å². The lowest BCUT2D eigenvalue weighted by molar-refractivity contribution is 0.573. The average molecular weight is 341 g/mol. The summed E-state index contributed by atoms with van der Waals surface area (Å²) in [6.07, 6.45) is 4.43. The third-order valence-corrected chi connectivity index (χ3v) is 5.18. The molecule has 2 aromatic carbocycles. The van der Waals surface area contributed by atoms with Gasteiger partial charge in [-0.3, -0.25) is 0 Å². The van der Waals surface area contributed by atoms with Crippen LogP contribution in [0.5, 0.6) is 0 Å². The zero-order valence-corrected chi connectivity index (χ0v) is 14.0. The van der Waals surface area contributed by atoms with E-state index < -0.39 is 10.0 Å². The fraction of sp³-hybridized carbons (Fsp3) is 0.167. The second-order valence-electron chi connectivity index (χ2n) is 5.41. The van der Waals surface area contributed by atoms with Crippen LogP contribution in [0.3, 0.4) is 0 Å². The van der Waals surface area contributed by atoms with Crippen LogP contribution >= 0.6 is 0 Å². The minimum atomic E-state index is -3.52. The van der Waals surface area contributed by atoms with Crippen molar-refractivity contribution in [1.82, 2.24) is 14.3 Å². The van der Waals surface area contributed by atoms with Crippen molar-refractivity contribution >= 4 is 10.0 Å². The summed E-state index contributed by atoms with van der Waals surface area (Å²) >= 11 is 0.